The van der Waals surface area contributed by atoms with Crippen LogP contribution >= 0.6 is 0 Å². The molecule has 11 heteroatoms. The lowest BCUT2D eigenvalue weighted by molar-refractivity contribution is -0.141. The Kier molecular flexibility index (Phi) is 7.86. The summed E-state index contributed by atoms with van der Waals surface area (Å²) in [7, 11) is 1.61. The van der Waals surface area contributed by atoms with Crippen LogP contribution in [0.1, 0.15) is 17.5 Å². The molecule has 5 N–H and O–H groups in total. The van der Waals surface area contributed by atoms with E-state index in [1.54, 1.807) is 55.6 Å². The van der Waals surface area contributed by atoms with Gasteiger partial charge in [-0.2, -0.15) is 0 Å². The molecule has 0 bridgehead atoms. The maximum atomic E-state index is 13.7. The molecular weight excluding hydrogens is 493 g/mol. The maximum absolute atomic E-state index is 13.7. The average molecular weight is 520 g/mol. The standard InChI is InChI=1S/C27H26FN5O5/c1-33-15-17-8-11-19(13-22(17)31-23(26(33)37)14-25(35)36)29-24(34)12-16-6-9-18(10-7-16)30-27(38)32-21-5-3-2-4-20(21)28/h2-11,13,23,31H,12,14-15H2,1H3,(H,29,34)(H,35,36)(H2,30,32,38). The van der Waals surface area contributed by atoms with Gasteiger partial charge in [-0.15, -0.1) is 0 Å². The molecule has 1 atom stereocenters. The van der Waals surface area contributed by atoms with Crippen LogP contribution in [-0.2, 0) is 27.3 Å². The predicted molar refractivity (Wildman–Crippen MR) is 140 cm³/mol. The number of carbonyl (C=O) groups excluding carboxylic acids is 3. The molecule has 0 radical (unpaired) electrons. The first-order valence-corrected chi connectivity index (χ1v) is 11.8. The summed E-state index contributed by atoms with van der Waals surface area (Å²) in [5.41, 5.74) is 3.10. The number of anilines is 4. The van der Waals surface area contributed by atoms with E-state index in [-0.39, 0.29) is 30.3 Å². The number of benzene rings is 3. The van der Waals surface area contributed by atoms with Crippen molar-refractivity contribution >= 4 is 46.6 Å². The molecule has 0 saturated heterocycles. The van der Waals surface area contributed by atoms with E-state index in [4.69, 9.17) is 5.11 Å². The highest BCUT2D eigenvalue weighted by Gasteiger charge is 2.29. The van der Waals surface area contributed by atoms with Gasteiger partial charge in [0.1, 0.15) is 11.9 Å². The van der Waals surface area contributed by atoms with E-state index in [1.807, 2.05) is 0 Å². The molecule has 0 aliphatic carbocycles. The first-order chi connectivity index (χ1) is 18.2. The van der Waals surface area contributed by atoms with Crippen molar-refractivity contribution in [2.75, 3.05) is 28.3 Å². The molecule has 0 saturated carbocycles. The Morgan fingerprint density at radius 1 is 1.00 bits per heavy atom. The minimum atomic E-state index is -1.09. The molecule has 196 valence electrons. The number of nitrogens with one attached hydrogen (secondary N) is 4. The van der Waals surface area contributed by atoms with E-state index in [0.717, 1.165) is 5.56 Å². The second-order valence-corrected chi connectivity index (χ2v) is 8.84. The third-order valence-corrected chi connectivity index (χ3v) is 5.88. The van der Waals surface area contributed by atoms with E-state index in [0.29, 0.717) is 29.2 Å². The van der Waals surface area contributed by atoms with Crippen molar-refractivity contribution in [2.45, 2.75) is 25.4 Å². The van der Waals surface area contributed by atoms with Crippen LogP contribution in [-0.4, -0.2) is 46.9 Å². The van der Waals surface area contributed by atoms with Crippen LogP contribution in [0.5, 0.6) is 0 Å². The van der Waals surface area contributed by atoms with Crippen molar-refractivity contribution in [3.8, 4) is 0 Å². The highest BCUT2D eigenvalue weighted by atomic mass is 19.1. The van der Waals surface area contributed by atoms with Crippen LogP contribution in [0.4, 0.5) is 31.9 Å². The van der Waals surface area contributed by atoms with Gasteiger partial charge < -0.3 is 31.3 Å². The summed E-state index contributed by atoms with van der Waals surface area (Å²) in [6.45, 7) is 0.310. The SMILES string of the molecule is CN1Cc2ccc(NC(=O)Cc3ccc(NC(=O)Nc4ccccc4F)cc3)cc2NC(CC(=O)O)C1=O. The zero-order valence-electron chi connectivity index (χ0n) is 20.5. The van der Waals surface area contributed by atoms with Crippen molar-refractivity contribution in [1.82, 2.24) is 4.90 Å². The van der Waals surface area contributed by atoms with Crippen molar-refractivity contribution in [2.24, 2.45) is 0 Å². The van der Waals surface area contributed by atoms with Gasteiger partial charge in [-0.25, -0.2) is 9.18 Å². The average Bonchev–Trinajstić information content (AvgIpc) is 2.97. The number of amides is 4. The molecule has 3 aromatic carbocycles. The Hall–Kier alpha value is -4.93. The molecule has 0 spiro atoms. The van der Waals surface area contributed by atoms with Gasteiger partial charge >= 0.3 is 12.0 Å². The fourth-order valence-corrected chi connectivity index (χ4v) is 4.03. The molecule has 1 unspecified atom stereocenters. The Bertz CT molecular complexity index is 1380. The van der Waals surface area contributed by atoms with E-state index < -0.39 is 23.9 Å². The second-order valence-electron chi connectivity index (χ2n) is 8.84. The van der Waals surface area contributed by atoms with Crippen molar-refractivity contribution in [3.63, 3.8) is 0 Å². The lowest BCUT2D eigenvalue weighted by Gasteiger charge is -2.19. The Morgan fingerprint density at radius 2 is 1.71 bits per heavy atom. The van der Waals surface area contributed by atoms with Gasteiger partial charge in [-0.3, -0.25) is 14.4 Å². The number of nitrogens with zero attached hydrogens (tertiary/aromatic N) is 1. The summed E-state index contributed by atoms with van der Waals surface area (Å²) in [5, 5.41) is 20.0. The van der Waals surface area contributed by atoms with Gasteiger partial charge in [-0.1, -0.05) is 30.3 Å². The summed E-state index contributed by atoms with van der Waals surface area (Å²) >= 11 is 0. The molecule has 4 amide bonds. The fourth-order valence-electron chi connectivity index (χ4n) is 4.03. The zero-order chi connectivity index (χ0) is 27.2. The fraction of sp³-hybridized carbons (Fsp3) is 0.185. The number of carboxylic acid groups (broad SMARTS) is 1. The normalized spacial score (nSPS) is 14.5. The van der Waals surface area contributed by atoms with Crippen molar-refractivity contribution in [3.05, 3.63) is 83.7 Å². The van der Waals surface area contributed by atoms with Gasteiger partial charge in [-0.05, 0) is 47.5 Å². The molecule has 4 rings (SSSR count). The quantitative estimate of drug-likeness (QED) is 0.321. The molecule has 1 aliphatic heterocycles. The molecule has 1 aliphatic rings. The number of urea groups is 1. The van der Waals surface area contributed by atoms with Crippen LogP contribution in [0, 0.1) is 5.82 Å². The monoisotopic (exact) mass is 519 g/mol. The van der Waals surface area contributed by atoms with Crippen LogP contribution in [0.15, 0.2) is 66.7 Å². The van der Waals surface area contributed by atoms with Crippen molar-refractivity contribution < 1.29 is 28.7 Å². The highest BCUT2D eigenvalue weighted by molar-refractivity contribution is 6.00. The minimum absolute atomic E-state index is 0.0577. The number of para-hydroxylation sites is 1. The van der Waals surface area contributed by atoms with E-state index in [1.165, 1.54) is 23.1 Å². The number of hydrogen-bond donors (Lipinski definition) is 5. The number of rotatable bonds is 7. The third-order valence-electron chi connectivity index (χ3n) is 5.88. The van der Waals surface area contributed by atoms with Crippen LogP contribution in [0.2, 0.25) is 0 Å². The summed E-state index contributed by atoms with van der Waals surface area (Å²) in [6, 6.07) is 16.1. The molecule has 1 heterocycles. The molecule has 10 nitrogen and oxygen atoms in total. The largest absolute Gasteiger partial charge is 0.481 e. The third kappa shape index (κ3) is 6.64. The Balaban J connectivity index is 1.35. The molecule has 38 heavy (non-hydrogen) atoms. The van der Waals surface area contributed by atoms with Gasteiger partial charge in [0.25, 0.3) is 0 Å². The Morgan fingerprint density at radius 3 is 2.42 bits per heavy atom. The number of carbonyl (C=O) groups is 4. The number of aliphatic carboxylic acids is 1. The molecule has 3 aromatic rings. The lowest BCUT2D eigenvalue weighted by atomic mass is 10.1. The van der Waals surface area contributed by atoms with E-state index >= 15 is 0 Å². The predicted octanol–water partition coefficient (Wildman–Crippen LogP) is 3.88. The lowest BCUT2D eigenvalue weighted by Crippen LogP contribution is -2.39. The number of carboxylic acids is 1. The summed E-state index contributed by atoms with van der Waals surface area (Å²) in [6.07, 6.45) is -0.302. The zero-order valence-corrected chi connectivity index (χ0v) is 20.5. The first-order valence-electron chi connectivity index (χ1n) is 11.8. The number of halogens is 1. The van der Waals surface area contributed by atoms with Crippen LogP contribution in [0.3, 0.4) is 0 Å². The maximum Gasteiger partial charge on any atom is 0.323 e. The Labute approximate surface area is 217 Å². The molecule has 0 aromatic heterocycles. The minimum Gasteiger partial charge on any atom is -0.481 e. The molecule has 0 fully saturated rings. The number of likely N-dealkylation sites (N-methyl/N-ethyl adjacent to an activating group) is 1. The van der Waals surface area contributed by atoms with Gasteiger partial charge in [0, 0.05) is 30.7 Å². The molecular formula is C27H26FN5O5. The summed E-state index contributed by atoms with van der Waals surface area (Å²) in [4.78, 5) is 49.9. The number of hydrogen-bond acceptors (Lipinski definition) is 5. The van der Waals surface area contributed by atoms with E-state index in [9.17, 15) is 23.6 Å². The first kappa shape index (κ1) is 26.1. The van der Waals surface area contributed by atoms with Gasteiger partial charge in [0.2, 0.25) is 11.8 Å². The van der Waals surface area contributed by atoms with Crippen LogP contribution < -0.4 is 21.3 Å². The topological polar surface area (TPSA) is 140 Å². The second kappa shape index (κ2) is 11.4. The number of fused-ring (bicyclic) bond motifs is 1. The highest BCUT2D eigenvalue weighted by Crippen LogP contribution is 2.27. The van der Waals surface area contributed by atoms with Crippen molar-refractivity contribution in [1.29, 1.82) is 0 Å². The van der Waals surface area contributed by atoms with Gasteiger partial charge in [0.05, 0.1) is 18.5 Å². The summed E-state index contributed by atoms with van der Waals surface area (Å²) in [5.74, 6) is -2.25. The summed E-state index contributed by atoms with van der Waals surface area (Å²) < 4.78 is 13.7. The van der Waals surface area contributed by atoms with Gasteiger partial charge in [0.15, 0.2) is 0 Å². The van der Waals surface area contributed by atoms with Crippen LogP contribution in [0.25, 0.3) is 0 Å². The smallest absolute Gasteiger partial charge is 0.323 e. The van der Waals surface area contributed by atoms with E-state index in [2.05, 4.69) is 21.3 Å².